The Hall–Kier alpha value is -1.83. The van der Waals surface area contributed by atoms with Crippen LogP contribution < -0.4 is 5.32 Å². The summed E-state index contributed by atoms with van der Waals surface area (Å²) in [5.74, 6) is 0.740. The fraction of sp³-hybridized carbons (Fsp3) is 0.389. The minimum absolute atomic E-state index is 0.595. The Morgan fingerprint density at radius 3 is 2.40 bits per heavy atom. The lowest BCUT2D eigenvalue weighted by molar-refractivity contribution is 0.412. The van der Waals surface area contributed by atoms with Gasteiger partial charge in [-0.25, -0.2) is 0 Å². The Balaban J connectivity index is 1.58. The highest BCUT2D eigenvalue weighted by molar-refractivity contribution is 5.47. The molecule has 1 saturated carbocycles. The van der Waals surface area contributed by atoms with E-state index in [2.05, 4.69) is 53.6 Å². The van der Waals surface area contributed by atoms with Crippen LogP contribution in [0.4, 0.5) is 5.69 Å². The van der Waals surface area contributed by atoms with Crippen LogP contribution in [0.3, 0.4) is 0 Å². The van der Waals surface area contributed by atoms with Crippen molar-refractivity contribution in [2.75, 3.05) is 5.32 Å². The first-order valence-electron chi connectivity index (χ1n) is 7.56. The molecule has 0 saturated heterocycles. The van der Waals surface area contributed by atoms with E-state index in [1.54, 1.807) is 0 Å². The van der Waals surface area contributed by atoms with Gasteiger partial charge in [0.2, 0.25) is 0 Å². The van der Waals surface area contributed by atoms with E-state index in [0.717, 1.165) is 11.6 Å². The van der Waals surface area contributed by atoms with Crippen LogP contribution in [0, 0.1) is 6.92 Å². The van der Waals surface area contributed by atoms with E-state index < -0.39 is 0 Å². The van der Waals surface area contributed by atoms with Crippen molar-refractivity contribution >= 4 is 5.69 Å². The van der Waals surface area contributed by atoms with E-state index in [9.17, 15) is 0 Å². The number of anilines is 1. The number of benzene rings is 1. The van der Waals surface area contributed by atoms with Crippen molar-refractivity contribution in [3.8, 4) is 0 Å². The third-order valence-corrected chi connectivity index (χ3v) is 4.36. The highest BCUT2D eigenvalue weighted by atomic mass is 14.9. The van der Waals surface area contributed by atoms with Gasteiger partial charge in [-0.15, -0.1) is 0 Å². The molecule has 20 heavy (non-hydrogen) atoms. The molecule has 0 unspecified atom stereocenters. The van der Waals surface area contributed by atoms with Crippen LogP contribution in [-0.4, -0.2) is 11.0 Å². The number of rotatable bonds is 3. The maximum atomic E-state index is 4.34. The molecule has 3 rings (SSSR count). The summed E-state index contributed by atoms with van der Waals surface area (Å²) in [5, 5.41) is 3.66. The number of nitrogens with zero attached hydrogens (tertiary/aromatic N) is 1. The molecule has 1 N–H and O–H groups in total. The predicted molar refractivity (Wildman–Crippen MR) is 84.0 cm³/mol. The second-order valence-electron chi connectivity index (χ2n) is 5.74. The van der Waals surface area contributed by atoms with E-state index in [0.29, 0.717) is 6.04 Å². The zero-order valence-electron chi connectivity index (χ0n) is 12.0. The summed E-state index contributed by atoms with van der Waals surface area (Å²) in [6.07, 6.45) is 6.90. The molecule has 1 aromatic carbocycles. The fourth-order valence-corrected chi connectivity index (χ4v) is 3.15. The topological polar surface area (TPSA) is 24.9 Å². The standard InChI is InChI=1S/C18H22N2/c1-14-18(8-5-13-19-14)20-17-11-9-16(10-12-17)15-6-3-2-4-7-15/h2-8,13,16-17,20H,9-12H2,1H3. The van der Waals surface area contributed by atoms with Crippen LogP contribution in [0.2, 0.25) is 0 Å². The van der Waals surface area contributed by atoms with Gasteiger partial charge in [0.25, 0.3) is 0 Å². The molecule has 0 radical (unpaired) electrons. The lowest BCUT2D eigenvalue weighted by atomic mass is 9.81. The first kappa shape index (κ1) is 13.2. The summed E-state index contributed by atoms with van der Waals surface area (Å²) in [4.78, 5) is 4.34. The Kier molecular flexibility index (Phi) is 4.00. The summed E-state index contributed by atoms with van der Waals surface area (Å²) in [7, 11) is 0. The van der Waals surface area contributed by atoms with Crippen LogP contribution >= 0.6 is 0 Å². The van der Waals surface area contributed by atoms with Gasteiger partial charge in [-0.05, 0) is 56.2 Å². The largest absolute Gasteiger partial charge is 0.381 e. The number of pyridine rings is 1. The van der Waals surface area contributed by atoms with E-state index in [1.807, 2.05) is 12.3 Å². The molecule has 0 spiro atoms. The van der Waals surface area contributed by atoms with Gasteiger partial charge in [-0.1, -0.05) is 30.3 Å². The molecule has 0 amide bonds. The maximum Gasteiger partial charge on any atom is 0.0603 e. The van der Waals surface area contributed by atoms with Gasteiger partial charge in [0.05, 0.1) is 11.4 Å². The molecular weight excluding hydrogens is 244 g/mol. The second-order valence-corrected chi connectivity index (χ2v) is 5.74. The normalized spacial score (nSPS) is 22.4. The van der Waals surface area contributed by atoms with E-state index in [-0.39, 0.29) is 0 Å². The minimum Gasteiger partial charge on any atom is -0.381 e. The average Bonchev–Trinajstić information content (AvgIpc) is 2.51. The van der Waals surface area contributed by atoms with Crippen LogP contribution in [0.1, 0.15) is 42.9 Å². The first-order valence-corrected chi connectivity index (χ1v) is 7.56. The van der Waals surface area contributed by atoms with Crippen molar-refractivity contribution < 1.29 is 0 Å². The van der Waals surface area contributed by atoms with Gasteiger partial charge in [0, 0.05) is 12.2 Å². The number of aromatic nitrogens is 1. The summed E-state index contributed by atoms with van der Waals surface area (Å²) in [6.45, 7) is 2.07. The van der Waals surface area contributed by atoms with Crippen molar-refractivity contribution in [2.45, 2.75) is 44.6 Å². The summed E-state index contributed by atoms with van der Waals surface area (Å²) >= 11 is 0. The average molecular weight is 266 g/mol. The number of aryl methyl sites for hydroxylation is 1. The van der Waals surface area contributed by atoms with Crippen molar-refractivity contribution in [2.24, 2.45) is 0 Å². The molecule has 2 heteroatoms. The predicted octanol–water partition coefficient (Wildman–Crippen LogP) is 4.53. The molecule has 1 fully saturated rings. The Labute approximate surface area is 121 Å². The van der Waals surface area contributed by atoms with Crippen LogP contribution in [0.25, 0.3) is 0 Å². The quantitative estimate of drug-likeness (QED) is 0.883. The maximum absolute atomic E-state index is 4.34. The molecular formula is C18H22N2. The fourth-order valence-electron chi connectivity index (χ4n) is 3.15. The molecule has 0 aliphatic heterocycles. The van der Waals surface area contributed by atoms with Crippen molar-refractivity contribution in [3.05, 3.63) is 59.9 Å². The van der Waals surface area contributed by atoms with E-state index in [4.69, 9.17) is 0 Å². The Morgan fingerprint density at radius 1 is 0.950 bits per heavy atom. The summed E-state index contributed by atoms with van der Waals surface area (Å²) < 4.78 is 0. The monoisotopic (exact) mass is 266 g/mol. The second kappa shape index (κ2) is 6.08. The molecule has 2 nitrogen and oxygen atoms in total. The van der Waals surface area contributed by atoms with Crippen LogP contribution in [-0.2, 0) is 0 Å². The molecule has 1 heterocycles. The molecule has 1 aliphatic carbocycles. The smallest absolute Gasteiger partial charge is 0.0603 e. The number of hydrogen-bond acceptors (Lipinski definition) is 2. The third-order valence-electron chi connectivity index (χ3n) is 4.36. The van der Waals surface area contributed by atoms with Gasteiger partial charge < -0.3 is 5.32 Å². The first-order chi connectivity index (χ1) is 9.83. The van der Waals surface area contributed by atoms with Gasteiger partial charge in [0.15, 0.2) is 0 Å². The van der Waals surface area contributed by atoms with Gasteiger partial charge in [-0.3, -0.25) is 4.98 Å². The molecule has 0 bridgehead atoms. The Morgan fingerprint density at radius 2 is 1.70 bits per heavy atom. The SMILES string of the molecule is Cc1ncccc1NC1CCC(c2ccccc2)CC1. The minimum atomic E-state index is 0.595. The van der Waals surface area contributed by atoms with E-state index in [1.165, 1.54) is 36.9 Å². The molecule has 2 aromatic rings. The molecule has 1 aliphatic rings. The van der Waals surface area contributed by atoms with Crippen LogP contribution in [0.15, 0.2) is 48.7 Å². The summed E-state index contributed by atoms with van der Waals surface area (Å²) in [5.41, 5.74) is 3.79. The van der Waals surface area contributed by atoms with E-state index >= 15 is 0 Å². The van der Waals surface area contributed by atoms with Crippen molar-refractivity contribution in [3.63, 3.8) is 0 Å². The number of nitrogens with one attached hydrogen (secondary N) is 1. The molecule has 104 valence electrons. The van der Waals surface area contributed by atoms with Crippen LogP contribution in [0.5, 0.6) is 0 Å². The Bertz CT molecular complexity index is 542. The van der Waals surface area contributed by atoms with Gasteiger partial charge in [0.1, 0.15) is 0 Å². The lowest BCUT2D eigenvalue weighted by Crippen LogP contribution is -2.25. The van der Waals surface area contributed by atoms with Crippen molar-refractivity contribution in [1.82, 2.24) is 4.98 Å². The zero-order valence-corrected chi connectivity index (χ0v) is 12.0. The molecule has 1 aromatic heterocycles. The van der Waals surface area contributed by atoms with Crippen molar-refractivity contribution in [1.29, 1.82) is 0 Å². The zero-order chi connectivity index (χ0) is 13.8. The van der Waals surface area contributed by atoms with Gasteiger partial charge >= 0.3 is 0 Å². The van der Waals surface area contributed by atoms with Gasteiger partial charge in [-0.2, -0.15) is 0 Å². The third kappa shape index (κ3) is 3.01. The molecule has 0 atom stereocenters. The highest BCUT2D eigenvalue weighted by Crippen LogP contribution is 2.34. The summed E-state index contributed by atoms with van der Waals surface area (Å²) in [6, 6.07) is 15.7. The number of hydrogen-bond donors (Lipinski definition) is 1. The highest BCUT2D eigenvalue weighted by Gasteiger charge is 2.22. The lowest BCUT2D eigenvalue weighted by Gasteiger charge is -2.30.